The average molecular weight is 339 g/mol. The topological polar surface area (TPSA) is 67.0 Å². The first kappa shape index (κ1) is 16.9. The number of nitrogens with zero attached hydrogens (tertiary/aromatic N) is 1. The van der Waals surface area contributed by atoms with Crippen LogP contribution in [-0.4, -0.2) is 23.3 Å². The van der Waals surface area contributed by atoms with Gasteiger partial charge in [-0.2, -0.15) is 5.10 Å². The first-order chi connectivity index (χ1) is 12.2. The lowest BCUT2D eigenvalue weighted by molar-refractivity contribution is -0.143. The molecular weight excluding hydrogens is 321 g/mol. The van der Waals surface area contributed by atoms with Crippen LogP contribution < -0.4 is 5.32 Å². The van der Waals surface area contributed by atoms with Crippen LogP contribution in [0.2, 0.25) is 0 Å². The Kier molecular flexibility index (Phi) is 5.20. The van der Waals surface area contributed by atoms with Gasteiger partial charge in [0.2, 0.25) is 0 Å². The molecule has 0 aliphatic heterocycles. The number of hydrogen-bond acceptors (Lipinski definition) is 4. The molecule has 1 heterocycles. The summed E-state index contributed by atoms with van der Waals surface area (Å²) < 4.78 is 18.0. The molecule has 25 heavy (non-hydrogen) atoms. The number of halogens is 1. The molecule has 5 nitrogen and oxygen atoms in total. The van der Waals surface area contributed by atoms with Gasteiger partial charge in [-0.1, -0.05) is 30.3 Å². The Bertz CT molecular complexity index is 831. The second-order valence-electron chi connectivity index (χ2n) is 5.52. The van der Waals surface area contributed by atoms with E-state index in [0.717, 1.165) is 22.4 Å². The van der Waals surface area contributed by atoms with Gasteiger partial charge in [0, 0.05) is 17.7 Å². The van der Waals surface area contributed by atoms with Crippen molar-refractivity contribution >= 4 is 5.97 Å². The van der Waals surface area contributed by atoms with Crippen LogP contribution in [0.4, 0.5) is 4.39 Å². The number of nitrogens with one attached hydrogen (secondary N) is 2. The third-order valence-electron chi connectivity index (χ3n) is 3.92. The van der Waals surface area contributed by atoms with E-state index in [1.165, 1.54) is 19.2 Å². The van der Waals surface area contributed by atoms with Crippen molar-refractivity contribution in [2.24, 2.45) is 0 Å². The van der Waals surface area contributed by atoms with Crippen molar-refractivity contribution in [1.82, 2.24) is 15.5 Å². The Labute approximate surface area is 144 Å². The van der Waals surface area contributed by atoms with Crippen LogP contribution in [0.15, 0.2) is 60.8 Å². The van der Waals surface area contributed by atoms with Crippen LogP contribution in [-0.2, 0) is 16.1 Å². The molecule has 0 saturated heterocycles. The summed E-state index contributed by atoms with van der Waals surface area (Å²) in [5.74, 6) is -0.657. The highest BCUT2D eigenvalue weighted by Gasteiger charge is 2.21. The molecule has 0 aliphatic rings. The summed E-state index contributed by atoms with van der Waals surface area (Å²) in [5.41, 5.74) is 3.30. The van der Waals surface area contributed by atoms with E-state index in [1.54, 1.807) is 18.3 Å². The van der Waals surface area contributed by atoms with E-state index >= 15 is 0 Å². The number of ether oxygens (including phenoxy) is 1. The van der Waals surface area contributed by atoms with E-state index in [0.29, 0.717) is 6.54 Å². The maximum Gasteiger partial charge on any atom is 0.327 e. The van der Waals surface area contributed by atoms with Crippen LogP contribution in [0.25, 0.3) is 11.3 Å². The van der Waals surface area contributed by atoms with Gasteiger partial charge in [-0.15, -0.1) is 0 Å². The highest BCUT2D eigenvalue weighted by molar-refractivity contribution is 5.77. The Balaban J connectivity index is 1.79. The molecule has 0 bridgehead atoms. The Morgan fingerprint density at radius 2 is 1.92 bits per heavy atom. The van der Waals surface area contributed by atoms with Gasteiger partial charge in [-0.25, -0.2) is 9.18 Å². The monoisotopic (exact) mass is 339 g/mol. The molecule has 3 aromatic rings. The molecule has 1 aromatic heterocycles. The van der Waals surface area contributed by atoms with Crippen molar-refractivity contribution in [3.8, 4) is 11.3 Å². The van der Waals surface area contributed by atoms with Crippen LogP contribution >= 0.6 is 0 Å². The summed E-state index contributed by atoms with van der Waals surface area (Å²) in [5, 5.41) is 10.2. The number of H-pyrrole nitrogens is 1. The van der Waals surface area contributed by atoms with Crippen LogP contribution in [0, 0.1) is 5.82 Å². The van der Waals surface area contributed by atoms with Gasteiger partial charge in [0.05, 0.1) is 19.0 Å². The number of carbonyl (C=O) groups excluding carboxylic acids is 1. The lowest BCUT2D eigenvalue weighted by atomic mass is 10.1. The molecule has 0 aliphatic carbocycles. The first-order valence-corrected chi connectivity index (χ1v) is 7.83. The smallest absolute Gasteiger partial charge is 0.327 e. The van der Waals surface area contributed by atoms with E-state index in [-0.39, 0.29) is 11.8 Å². The number of esters is 1. The minimum absolute atomic E-state index is 0.294. The summed E-state index contributed by atoms with van der Waals surface area (Å²) in [4.78, 5) is 12.1. The fraction of sp³-hybridized carbons (Fsp3) is 0.158. The normalized spacial score (nSPS) is 11.9. The highest BCUT2D eigenvalue weighted by atomic mass is 19.1. The van der Waals surface area contributed by atoms with Gasteiger partial charge in [0.25, 0.3) is 0 Å². The third-order valence-corrected chi connectivity index (χ3v) is 3.92. The van der Waals surface area contributed by atoms with Gasteiger partial charge in [0.1, 0.15) is 11.9 Å². The summed E-state index contributed by atoms with van der Waals surface area (Å²) in [7, 11) is 1.36. The molecule has 6 heteroatoms. The molecule has 128 valence electrons. The quantitative estimate of drug-likeness (QED) is 0.677. The largest absolute Gasteiger partial charge is 0.468 e. The molecule has 0 radical (unpaired) electrons. The van der Waals surface area contributed by atoms with E-state index in [9.17, 15) is 9.18 Å². The van der Waals surface area contributed by atoms with Crippen molar-refractivity contribution < 1.29 is 13.9 Å². The number of methoxy groups -OCH3 is 1. The maximum atomic E-state index is 13.1. The van der Waals surface area contributed by atoms with E-state index in [2.05, 4.69) is 15.5 Å². The molecule has 1 atom stereocenters. The fourth-order valence-electron chi connectivity index (χ4n) is 2.62. The third kappa shape index (κ3) is 3.92. The van der Waals surface area contributed by atoms with Crippen LogP contribution in [0.1, 0.15) is 17.2 Å². The number of carbonyl (C=O) groups is 1. The van der Waals surface area contributed by atoms with Gasteiger partial charge < -0.3 is 4.74 Å². The van der Waals surface area contributed by atoms with E-state index in [4.69, 9.17) is 4.74 Å². The predicted octanol–water partition coefficient (Wildman–Crippen LogP) is 3.22. The molecule has 0 fully saturated rings. The van der Waals surface area contributed by atoms with Gasteiger partial charge in [0.15, 0.2) is 0 Å². The summed E-state index contributed by atoms with van der Waals surface area (Å²) >= 11 is 0. The van der Waals surface area contributed by atoms with Gasteiger partial charge in [-0.05, 0) is 29.8 Å². The second kappa shape index (κ2) is 7.72. The SMILES string of the molecule is COC(=O)[C@@H](NCc1cn[nH]c1-c1ccc(F)cc1)c1ccccc1. The number of hydrogen-bond donors (Lipinski definition) is 2. The zero-order valence-corrected chi connectivity index (χ0v) is 13.7. The second-order valence-corrected chi connectivity index (χ2v) is 5.52. The molecule has 0 saturated carbocycles. The van der Waals surface area contributed by atoms with Gasteiger partial charge in [-0.3, -0.25) is 10.4 Å². The Morgan fingerprint density at radius 1 is 1.20 bits per heavy atom. The molecular formula is C19H18FN3O2. The van der Waals surface area contributed by atoms with Crippen LogP contribution in [0.3, 0.4) is 0 Å². The number of aromatic nitrogens is 2. The number of rotatable bonds is 6. The predicted molar refractivity (Wildman–Crippen MR) is 92.0 cm³/mol. The molecule has 0 unspecified atom stereocenters. The van der Waals surface area contributed by atoms with Crippen molar-refractivity contribution in [1.29, 1.82) is 0 Å². The summed E-state index contributed by atoms with van der Waals surface area (Å²) in [6.07, 6.45) is 1.69. The number of benzene rings is 2. The van der Waals surface area contributed by atoms with Crippen molar-refractivity contribution in [3.05, 3.63) is 77.7 Å². The Hall–Kier alpha value is -2.99. The highest BCUT2D eigenvalue weighted by Crippen LogP contribution is 2.22. The minimum atomic E-state index is -0.581. The fourth-order valence-corrected chi connectivity index (χ4v) is 2.62. The van der Waals surface area contributed by atoms with Gasteiger partial charge >= 0.3 is 5.97 Å². The zero-order valence-electron chi connectivity index (χ0n) is 13.7. The summed E-state index contributed by atoms with van der Waals surface area (Å²) in [6.45, 7) is 0.401. The zero-order chi connectivity index (χ0) is 17.6. The molecule has 0 spiro atoms. The standard InChI is InChI=1S/C19H18FN3O2/c1-25-19(24)18(13-5-3-2-4-6-13)21-11-15-12-22-23-17(15)14-7-9-16(20)10-8-14/h2-10,12,18,21H,11H2,1H3,(H,22,23)/t18-/m0/s1. The maximum absolute atomic E-state index is 13.1. The molecule has 3 rings (SSSR count). The number of aromatic amines is 1. The molecule has 0 amide bonds. The Morgan fingerprint density at radius 3 is 2.60 bits per heavy atom. The molecule has 2 N–H and O–H groups in total. The van der Waals surface area contributed by atoms with Crippen molar-refractivity contribution in [2.45, 2.75) is 12.6 Å². The molecule has 2 aromatic carbocycles. The lowest BCUT2D eigenvalue weighted by Crippen LogP contribution is -2.29. The van der Waals surface area contributed by atoms with E-state index < -0.39 is 6.04 Å². The first-order valence-electron chi connectivity index (χ1n) is 7.83. The van der Waals surface area contributed by atoms with Crippen LogP contribution in [0.5, 0.6) is 0 Å². The minimum Gasteiger partial charge on any atom is -0.468 e. The summed E-state index contributed by atoms with van der Waals surface area (Å²) in [6, 6.07) is 14.9. The average Bonchev–Trinajstić information content (AvgIpc) is 3.11. The van der Waals surface area contributed by atoms with E-state index in [1.807, 2.05) is 30.3 Å². The van der Waals surface area contributed by atoms with Crippen molar-refractivity contribution in [3.63, 3.8) is 0 Å². The van der Waals surface area contributed by atoms with Crippen molar-refractivity contribution in [2.75, 3.05) is 7.11 Å². The lowest BCUT2D eigenvalue weighted by Gasteiger charge is -2.17.